The predicted octanol–water partition coefficient (Wildman–Crippen LogP) is 6.66. The zero-order valence-corrected chi connectivity index (χ0v) is 19.0. The lowest BCUT2D eigenvalue weighted by Gasteiger charge is -2.00. The lowest BCUT2D eigenvalue weighted by atomic mass is 9.81. The van der Waals surface area contributed by atoms with Gasteiger partial charge in [0, 0.05) is 15.2 Å². The van der Waals surface area contributed by atoms with Crippen LogP contribution in [0.2, 0.25) is 0 Å². The second kappa shape index (κ2) is 11.5. The van der Waals surface area contributed by atoms with Crippen LogP contribution in [0.15, 0.2) is 135 Å². The summed E-state index contributed by atoms with van der Waals surface area (Å²) in [7, 11) is -2.07. The standard InChI is InChI=1S/C14H10O.C8H5BrO.C6H7BO2/c1-2-4-11(5-3-1)12-6-7-14-13(10-12)8-9-15-14;9-7-1-2-8-6(5-7)3-4-10-8;8-7(9)6-4-2-1-3-5-6/h1-10H;1-5H;1-5,8-9H/i1D,2D,3D,4D,5D;;1D,2D,3D,4D,5D. The third kappa shape index (κ3) is 6.26. The highest BCUT2D eigenvalue weighted by molar-refractivity contribution is 9.10. The minimum absolute atomic E-state index is 0.196. The molecule has 4 aromatic carbocycles. The Hall–Kier alpha value is -3.58. The highest BCUT2D eigenvalue weighted by Gasteiger charge is 2.07. The zero-order chi connectivity index (χ0) is 32.5. The molecule has 0 amide bonds. The maximum atomic E-state index is 8.81. The Morgan fingerprint density at radius 2 is 1.21 bits per heavy atom. The average molecular weight is 523 g/mol. The summed E-state index contributed by atoms with van der Waals surface area (Å²) in [4.78, 5) is 0. The van der Waals surface area contributed by atoms with E-state index in [-0.39, 0.29) is 35.8 Å². The van der Waals surface area contributed by atoms with Gasteiger partial charge in [0.15, 0.2) is 0 Å². The molecule has 34 heavy (non-hydrogen) atoms. The van der Waals surface area contributed by atoms with Crippen LogP contribution in [0.1, 0.15) is 13.7 Å². The van der Waals surface area contributed by atoms with Gasteiger partial charge in [-0.25, -0.2) is 0 Å². The van der Waals surface area contributed by atoms with E-state index in [1.165, 1.54) is 0 Å². The maximum absolute atomic E-state index is 8.81. The quantitative estimate of drug-likeness (QED) is 0.249. The Morgan fingerprint density at radius 1 is 0.647 bits per heavy atom. The number of benzene rings is 4. The molecule has 2 aromatic heterocycles. The molecule has 0 radical (unpaired) electrons. The molecule has 4 nitrogen and oxygen atoms in total. The molecule has 0 bridgehead atoms. The van der Waals surface area contributed by atoms with Gasteiger partial charge >= 0.3 is 7.12 Å². The number of hydrogen-bond donors (Lipinski definition) is 2. The van der Waals surface area contributed by atoms with Gasteiger partial charge in [0.1, 0.15) is 11.2 Å². The van der Waals surface area contributed by atoms with Crippen LogP contribution in [0.4, 0.5) is 0 Å². The third-order valence-corrected chi connectivity index (χ3v) is 4.93. The first kappa shape index (κ1) is 14.0. The van der Waals surface area contributed by atoms with Crippen molar-refractivity contribution in [2.24, 2.45) is 0 Å². The summed E-state index contributed by atoms with van der Waals surface area (Å²) in [5, 5.41) is 19.6. The fourth-order valence-corrected chi connectivity index (χ4v) is 3.22. The van der Waals surface area contributed by atoms with Crippen LogP contribution >= 0.6 is 15.9 Å². The van der Waals surface area contributed by atoms with E-state index in [0.29, 0.717) is 11.1 Å². The summed E-state index contributed by atoms with van der Waals surface area (Å²) in [6.45, 7) is 0. The largest absolute Gasteiger partial charge is 0.488 e. The molecule has 0 fully saturated rings. The van der Waals surface area contributed by atoms with E-state index in [0.717, 1.165) is 20.8 Å². The molecule has 0 aliphatic rings. The van der Waals surface area contributed by atoms with Gasteiger partial charge in [-0.3, -0.25) is 0 Å². The van der Waals surface area contributed by atoms with Gasteiger partial charge in [-0.2, -0.15) is 0 Å². The molecule has 0 aliphatic heterocycles. The first-order valence-corrected chi connectivity index (χ1v) is 10.6. The summed E-state index contributed by atoms with van der Waals surface area (Å²) in [5.41, 5.74) is 1.91. The molecule has 0 atom stereocenters. The maximum Gasteiger partial charge on any atom is 0.488 e. The Balaban J connectivity index is 0.000000160. The van der Waals surface area contributed by atoms with E-state index in [1.807, 2.05) is 24.3 Å². The summed E-state index contributed by atoms with van der Waals surface area (Å²) < 4.78 is 86.5. The summed E-state index contributed by atoms with van der Waals surface area (Å²) in [6, 6.07) is 10.5. The van der Waals surface area contributed by atoms with Crippen LogP contribution in [0.3, 0.4) is 0 Å². The minimum atomic E-state index is -2.07. The average Bonchev–Trinajstić information content (AvgIpc) is 3.67. The predicted molar refractivity (Wildman–Crippen MR) is 142 cm³/mol. The number of rotatable bonds is 2. The van der Waals surface area contributed by atoms with Gasteiger partial charge in [-0.1, -0.05) is 82.4 Å². The molecule has 0 spiro atoms. The van der Waals surface area contributed by atoms with Crippen LogP contribution in [0.5, 0.6) is 0 Å². The van der Waals surface area contributed by atoms with Gasteiger partial charge in [-0.05, 0) is 59.1 Å². The normalized spacial score (nSPS) is 14.3. The molecule has 6 aromatic rings. The van der Waals surface area contributed by atoms with E-state index < -0.39 is 42.8 Å². The molecule has 168 valence electrons. The van der Waals surface area contributed by atoms with Crippen LogP contribution in [-0.2, 0) is 0 Å². The molecule has 2 heterocycles. The van der Waals surface area contributed by atoms with E-state index in [1.54, 1.807) is 36.8 Å². The number of halogens is 1. The van der Waals surface area contributed by atoms with Gasteiger partial charge in [-0.15, -0.1) is 0 Å². The van der Waals surface area contributed by atoms with Crippen molar-refractivity contribution in [3.63, 3.8) is 0 Å². The van der Waals surface area contributed by atoms with E-state index in [2.05, 4.69) is 15.9 Å². The first-order chi connectivity index (χ1) is 20.7. The van der Waals surface area contributed by atoms with E-state index >= 15 is 0 Å². The Kier molecular flexibility index (Phi) is 4.73. The molecule has 6 heteroatoms. The zero-order valence-electron chi connectivity index (χ0n) is 27.4. The van der Waals surface area contributed by atoms with Gasteiger partial charge in [0.25, 0.3) is 0 Å². The fraction of sp³-hybridized carbons (Fsp3) is 0. The SMILES string of the molecule is Brc1ccc2occc2c1.[2H]c1c([2H])c([2H])c(-c2ccc3occc3c2)c([2H])c1[2H].[2H]c1c([2H])c([2H])c(B(O)O)c([2H])c1[2H]. The third-order valence-electron chi connectivity index (χ3n) is 4.43. The summed E-state index contributed by atoms with van der Waals surface area (Å²) in [6.07, 6.45) is 3.24. The minimum Gasteiger partial charge on any atom is -0.464 e. The first-order valence-electron chi connectivity index (χ1n) is 14.8. The van der Waals surface area contributed by atoms with Crippen LogP contribution < -0.4 is 5.46 Å². The monoisotopic (exact) mass is 522 g/mol. The highest BCUT2D eigenvalue weighted by atomic mass is 79.9. The lowest BCUT2D eigenvalue weighted by molar-refractivity contribution is 0.426. The molecule has 0 saturated carbocycles. The molecule has 0 unspecified atom stereocenters. The molecule has 0 aliphatic carbocycles. The summed E-state index contributed by atoms with van der Waals surface area (Å²) >= 11 is 3.38. The molecular weight excluding hydrogens is 491 g/mol. The molecular formula is C28H22BBrO4. The van der Waals surface area contributed by atoms with Crippen LogP contribution in [0.25, 0.3) is 33.1 Å². The summed E-state index contributed by atoms with van der Waals surface area (Å²) in [5.74, 6) is 0. The van der Waals surface area contributed by atoms with Crippen molar-refractivity contribution in [3.8, 4) is 11.1 Å². The topological polar surface area (TPSA) is 66.7 Å². The van der Waals surface area contributed by atoms with Crippen molar-refractivity contribution in [1.29, 1.82) is 0 Å². The fourth-order valence-electron chi connectivity index (χ4n) is 2.84. The van der Waals surface area contributed by atoms with Gasteiger partial charge < -0.3 is 18.9 Å². The molecule has 0 saturated heterocycles. The van der Waals surface area contributed by atoms with Crippen molar-refractivity contribution >= 4 is 50.4 Å². The van der Waals surface area contributed by atoms with Crippen LogP contribution in [-0.4, -0.2) is 17.2 Å². The van der Waals surface area contributed by atoms with Crippen LogP contribution in [0, 0.1) is 0 Å². The number of hydrogen-bond acceptors (Lipinski definition) is 4. The Labute approximate surface area is 220 Å². The van der Waals surface area contributed by atoms with E-state index in [9.17, 15) is 0 Å². The molecule has 2 N–H and O–H groups in total. The Bertz CT molecular complexity index is 1940. The van der Waals surface area contributed by atoms with Crippen molar-refractivity contribution in [2.75, 3.05) is 0 Å². The lowest BCUT2D eigenvalue weighted by Crippen LogP contribution is -2.29. The highest BCUT2D eigenvalue weighted by Crippen LogP contribution is 2.24. The smallest absolute Gasteiger partial charge is 0.464 e. The van der Waals surface area contributed by atoms with Gasteiger partial charge in [0.2, 0.25) is 0 Å². The second-order valence-corrected chi connectivity index (χ2v) is 7.60. The Morgan fingerprint density at radius 3 is 1.82 bits per heavy atom. The molecule has 6 rings (SSSR count). The van der Waals surface area contributed by atoms with Crippen molar-refractivity contribution in [1.82, 2.24) is 0 Å². The van der Waals surface area contributed by atoms with E-state index in [4.69, 9.17) is 32.6 Å². The number of furan rings is 2. The van der Waals surface area contributed by atoms with Gasteiger partial charge in [0.05, 0.1) is 26.2 Å². The van der Waals surface area contributed by atoms with Crippen molar-refractivity contribution in [2.45, 2.75) is 0 Å². The van der Waals surface area contributed by atoms with Crippen molar-refractivity contribution in [3.05, 3.63) is 126 Å². The second-order valence-electron chi connectivity index (χ2n) is 6.69. The van der Waals surface area contributed by atoms with Crippen molar-refractivity contribution < 1.29 is 32.6 Å². The number of fused-ring (bicyclic) bond motifs is 2.